The van der Waals surface area contributed by atoms with E-state index in [1.54, 1.807) is 17.1 Å². The zero-order valence-electron chi connectivity index (χ0n) is 20.0. The number of hydrogen-bond donors (Lipinski definition) is 1. The van der Waals surface area contributed by atoms with Crippen LogP contribution in [0, 0.1) is 6.92 Å². The highest BCUT2D eigenvalue weighted by Crippen LogP contribution is 2.29. The van der Waals surface area contributed by atoms with Crippen molar-refractivity contribution < 1.29 is 9.84 Å². The van der Waals surface area contributed by atoms with E-state index < -0.39 is 6.10 Å². The molecule has 2 aromatic carbocycles. The second-order valence-corrected chi connectivity index (χ2v) is 9.34. The first kappa shape index (κ1) is 22.5. The van der Waals surface area contributed by atoms with Gasteiger partial charge in [0.2, 0.25) is 0 Å². The number of nitrogens with zero attached hydrogens (tertiary/aromatic N) is 4. The van der Waals surface area contributed by atoms with Gasteiger partial charge in [-0.05, 0) is 66.6 Å². The van der Waals surface area contributed by atoms with Crippen molar-refractivity contribution in [3.8, 4) is 11.3 Å². The molecule has 7 nitrogen and oxygen atoms in total. The number of aryl methyl sites for hydroxylation is 1. The van der Waals surface area contributed by atoms with E-state index in [9.17, 15) is 9.90 Å². The highest BCUT2D eigenvalue weighted by atomic mass is 16.5. The van der Waals surface area contributed by atoms with Crippen LogP contribution >= 0.6 is 0 Å². The van der Waals surface area contributed by atoms with Crippen molar-refractivity contribution in [2.45, 2.75) is 31.9 Å². The molecule has 180 valence electrons. The molecular weight excluding hydrogens is 452 g/mol. The van der Waals surface area contributed by atoms with E-state index in [4.69, 9.17) is 4.74 Å². The predicted molar refractivity (Wildman–Crippen MR) is 139 cm³/mol. The van der Waals surface area contributed by atoms with Crippen LogP contribution in [0.4, 0.5) is 0 Å². The molecule has 7 heteroatoms. The molecule has 0 aliphatic carbocycles. The highest BCUT2D eigenvalue weighted by Gasteiger charge is 2.27. The molecule has 1 N–H and O–H groups in total. The standard InChI is InChI=1S/C29H26N4O3/c1-18-12-20(7-10-30-18)25-14-19(6-9-31-25)13-21-15-24-28(23-5-3-2-4-22(21)23)32-17-33(29(24)35)26-8-11-36-16-27(26)34/h2-7,9-10,12,14-15,17,26-27,34H,8,11,13,16H2,1H3. The number of aliphatic hydroxyl groups excluding tert-OH is 1. The third-order valence-corrected chi connectivity index (χ3v) is 6.94. The average molecular weight is 479 g/mol. The van der Waals surface area contributed by atoms with Crippen molar-refractivity contribution in [2.24, 2.45) is 0 Å². The summed E-state index contributed by atoms with van der Waals surface area (Å²) < 4.78 is 6.93. The van der Waals surface area contributed by atoms with Gasteiger partial charge in [-0.25, -0.2) is 4.98 Å². The lowest BCUT2D eigenvalue weighted by molar-refractivity contribution is -0.0395. The number of pyridine rings is 2. The first-order valence-corrected chi connectivity index (χ1v) is 12.1. The van der Waals surface area contributed by atoms with Gasteiger partial charge in [-0.15, -0.1) is 0 Å². The smallest absolute Gasteiger partial charge is 0.261 e. The van der Waals surface area contributed by atoms with Crippen molar-refractivity contribution in [3.63, 3.8) is 0 Å². The van der Waals surface area contributed by atoms with Crippen LogP contribution in [0.1, 0.15) is 29.3 Å². The van der Waals surface area contributed by atoms with Crippen molar-refractivity contribution in [1.29, 1.82) is 0 Å². The van der Waals surface area contributed by atoms with Gasteiger partial charge >= 0.3 is 0 Å². The molecule has 36 heavy (non-hydrogen) atoms. The van der Waals surface area contributed by atoms with Gasteiger partial charge in [0.25, 0.3) is 5.56 Å². The molecule has 0 bridgehead atoms. The summed E-state index contributed by atoms with van der Waals surface area (Å²) in [6.07, 6.45) is 5.67. The molecule has 0 radical (unpaired) electrons. The number of ether oxygens (including phenoxy) is 1. The van der Waals surface area contributed by atoms with Crippen LogP contribution in [0.2, 0.25) is 0 Å². The Kier molecular flexibility index (Phi) is 5.79. The van der Waals surface area contributed by atoms with Crippen LogP contribution in [0.25, 0.3) is 32.9 Å². The van der Waals surface area contributed by atoms with Crippen LogP contribution in [0.5, 0.6) is 0 Å². The lowest BCUT2D eigenvalue weighted by Crippen LogP contribution is -2.39. The lowest BCUT2D eigenvalue weighted by atomic mass is 9.95. The fraction of sp³-hybridized carbons (Fsp3) is 0.241. The van der Waals surface area contributed by atoms with Gasteiger partial charge in [-0.2, -0.15) is 0 Å². The van der Waals surface area contributed by atoms with Crippen LogP contribution in [-0.2, 0) is 11.2 Å². The molecule has 1 fully saturated rings. The summed E-state index contributed by atoms with van der Waals surface area (Å²) in [4.78, 5) is 27.2. The Balaban J connectivity index is 1.47. The number of aromatic nitrogens is 4. The maximum atomic E-state index is 13.6. The number of benzene rings is 2. The Hall–Kier alpha value is -3.94. The van der Waals surface area contributed by atoms with Crippen LogP contribution in [-0.4, -0.2) is 43.9 Å². The summed E-state index contributed by atoms with van der Waals surface area (Å²) in [5.41, 5.74) is 5.54. The lowest BCUT2D eigenvalue weighted by Gasteiger charge is -2.29. The summed E-state index contributed by atoms with van der Waals surface area (Å²) in [5.74, 6) is 0. The molecule has 4 heterocycles. The molecule has 1 saturated heterocycles. The largest absolute Gasteiger partial charge is 0.389 e. The summed E-state index contributed by atoms with van der Waals surface area (Å²) in [5, 5.41) is 13.0. The fourth-order valence-electron chi connectivity index (χ4n) is 5.13. The Morgan fingerprint density at radius 2 is 1.83 bits per heavy atom. The SMILES string of the molecule is Cc1cc(-c2cc(Cc3cc4c(=O)n(C5CCOCC5O)cnc4c4ccccc34)ccn2)ccn1. The molecular formula is C29H26N4O3. The fourth-order valence-corrected chi connectivity index (χ4v) is 5.13. The molecule has 1 aliphatic heterocycles. The van der Waals surface area contributed by atoms with E-state index >= 15 is 0 Å². The van der Waals surface area contributed by atoms with Gasteiger partial charge in [-0.1, -0.05) is 24.3 Å². The molecule has 2 atom stereocenters. The van der Waals surface area contributed by atoms with Crippen molar-refractivity contribution >= 4 is 21.7 Å². The Bertz CT molecular complexity index is 1650. The minimum absolute atomic E-state index is 0.138. The Morgan fingerprint density at radius 3 is 2.67 bits per heavy atom. The zero-order chi connectivity index (χ0) is 24.6. The third kappa shape index (κ3) is 4.06. The van der Waals surface area contributed by atoms with Gasteiger partial charge in [0.1, 0.15) is 0 Å². The third-order valence-electron chi connectivity index (χ3n) is 6.94. The van der Waals surface area contributed by atoms with E-state index in [0.29, 0.717) is 30.4 Å². The van der Waals surface area contributed by atoms with Crippen LogP contribution in [0.3, 0.4) is 0 Å². The van der Waals surface area contributed by atoms with E-state index in [2.05, 4.69) is 27.1 Å². The summed E-state index contributed by atoms with van der Waals surface area (Å²) in [6, 6.07) is 17.8. The molecule has 5 aromatic rings. The molecule has 0 spiro atoms. The summed E-state index contributed by atoms with van der Waals surface area (Å²) in [6.45, 7) is 2.70. The number of fused-ring (bicyclic) bond motifs is 3. The maximum Gasteiger partial charge on any atom is 0.261 e. The second kappa shape index (κ2) is 9.26. The Morgan fingerprint density at radius 1 is 1.00 bits per heavy atom. The maximum absolute atomic E-state index is 13.6. The molecule has 0 saturated carbocycles. The number of aliphatic hydroxyl groups is 1. The monoisotopic (exact) mass is 478 g/mol. The van der Waals surface area contributed by atoms with Crippen LogP contribution in [0.15, 0.2) is 78.1 Å². The quantitative estimate of drug-likeness (QED) is 0.389. The predicted octanol–water partition coefficient (Wildman–Crippen LogP) is 4.23. The average Bonchev–Trinajstić information content (AvgIpc) is 2.90. The van der Waals surface area contributed by atoms with E-state index in [-0.39, 0.29) is 18.2 Å². The van der Waals surface area contributed by atoms with Gasteiger partial charge in [0, 0.05) is 35.6 Å². The normalized spacial score (nSPS) is 18.1. The minimum atomic E-state index is -0.734. The van der Waals surface area contributed by atoms with Crippen molar-refractivity contribution in [2.75, 3.05) is 13.2 Å². The topological polar surface area (TPSA) is 90.1 Å². The first-order valence-electron chi connectivity index (χ1n) is 12.1. The number of hydrogen-bond acceptors (Lipinski definition) is 6. The molecule has 3 aromatic heterocycles. The first-order chi connectivity index (χ1) is 17.6. The van der Waals surface area contributed by atoms with Gasteiger partial charge in [0.05, 0.1) is 41.7 Å². The molecule has 2 unspecified atom stereocenters. The Labute approximate surface area is 208 Å². The number of rotatable bonds is 4. The van der Waals surface area contributed by atoms with E-state index in [1.807, 2.05) is 55.6 Å². The molecule has 6 rings (SSSR count). The summed E-state index contributed by atoms with van der Waals surface area (Å²) >= 11 is 0. The van der Waals surface area contributed by atoms with Gasteiger partial charge < -0.3 is 9.84 Å². The summed E-state index contributed by atoms with van der Waals surface area (Å²) in [7, 11) is 0. The van der Waals surface area contributed by atoms with Gasteiger partial charge in [0.15, 0.2) is 0 Å². The second-order valence-electron chi connectivity index (χ2n) is 9.34. The molecule has 1 aliphatic rings. The van der Waals surface area contributed by atoms with E-state index in [0.717, 1.165) is 38.9 Å². The minimum Gasteiger partial charge on any atom is -0.389 e. The van der Waals surface area contributed by atoms with Crippen molar-refractivity contribution in [1.82, 2.24) is 19.5 Å². The van der Waals surface area contributed by atoms with Crippen molar-refractivity contribution in [3.05, 3.63) is 100 Å². The van der Waals surface area contributed by atoms with Crippen LogP contribution < -0.4 is 5.56 Å². The highest BCUT2D eigenvalue weighted by molar-refractivity contribution is 6.06. The molecule has 0 amide bonds. The van der Waals surface area contributed by atoms with E-state index in [1.165, 1.54) is 0 Å². The zero-order valence-corrected chi connectivity index (χ0v) is 20.0. The van der Waals surface area contributed by atoms with Gasteiger partial charge in [-0.3, -0.25) is 19.3 Å².